The van der Waals surface area contributed by atoms with Crippen LogP contribution in [0.2, 0.25) is 0 Å². The van der Waals surface area contributed by atoms with Crippen LogP contribution in [-0.2, 0) is 11.8 Å². The van der Waals surface area contributed by atoms with Crippen LogP contribution in [0.5, 0.6) is 0 Å². The molecule has 1 aliphatic heterocycles. The fraction of sp³-hybridized carbons (Fsp3) is 0.714. The minimum atomic E-state index is 0.0668. The lowest BCUT2D eigenvalue weighted by molar-refractivity contribution is -0.125. The summed E-state index contributed by atoms with van der Waals surface area (Å²) in [5, 5.41) is 3.39. The van der Waals surface area contributed by atoms with Crippen LogP contribution in [0.1, 0.15) is 62.7 Å². The quantitative estimate of drug-likeness (QED) is 0.904. The summed E-state index contributed by atoms with van der Waals surface area (Å²) in [6.45, 7) is 5.92. The van der Waals surface area contributed by atoms with E-state index in [1.807, 2.05) is 35.0 Å². The number of nitrogens with one attached hydrogen (secondary N) is 1. The van der Waals surface area contributed by atoms with Gasteiger partial charge in [0, 0.05) is 49.9 Å². The van der Waals surface area contributed by atoms with E-state index in [0.717, 1.165) is 44.3 Å². The van der Waals surface area contributed by atoms with Crippen LogP contribution >= 0.6 is 0 Å². The molecule has 3 fully saturated rings. The van der Waals surface area contributed by atoms with Crippen LogP contribution < -0.4 is 5.32 Å². The van der Waals surface area contributed by atoms with Gasteiger partial charge in [-0.3, -0.25) is 9.59 Å². The van der Waals surface area contributed by atoms with Crippen LogP contribution in [0.25, 0.3) is 0 Å². The van der Waals surface area contributed by atoms with Gasteiger partial charge in [-0.25, -0.2) is 0 Å². The highest BCUT2D eigenvalue weighted by Crippen LogP contribution is 2.52. The molecular weight excluding hydrogens is 326 g/mol. The third kappa shape index (κ3) is 3.06. The van der Waals surface area contributed by atoms with Crippen molar-refractivity contribution in [3.8, 4) is 0 Å². The Hall–Kier alpha value is -1.78. The average Bonchev–Trinajstić information content (AvgIpc) is 2.93. The molecular formula is C21H31N3O2. The molecule has 2 heterocycles. The number of nitrogens with zero attached hydrogens (tertiary/aromatic N) is 2. The number of aryl methyl sites for hydroxylation is 1. The zero-order valence-corrected chi connectivity index (χ0v) is 16.3. The maximum Gasteiger partial charge on any atom is 0.255 e. The number of hydrogen-bond donors (Lipinski definition) is 1. The molecule has 3 aliphatic rings. The molecule has 1 aromatic heterocycles. The van der Waals surface area contributed by atoms with Crippen molar-refractivity contribution in [3.05, 3.63) is 24.0 Å². The van der Waals surface area contributed by atoms with Gasteiger partial charge in [0.05, 0.1) is 5.56 Å². The standard InChI is InChI=1S/C21H31N3O2/c1-20(2)12-16(20)18(25)22-17-6-4-5-8-21(17)9-11-24(14-21)19(26)15-7-10-23(3)13-15/h7,10,13,16-17H,4-6,8-9,11-12,14H2,1-3H3,(H,22,25). The van der Waals surface area contributed by atoms with E-state index in [1.165, 1.54) is 12.8 Å². The lowest BCUT2D eigenvalue weighted by atomic mass is 9.69. The largest absolute Gasteiger partial charge is 0.356 e. The number of carbonyl (C=O) groups excluding carboxylic acids is 2. The van der Waals surface area contributed by atoms with Crippen LogP contribution in [0, 0.1) is 16.7 Å². The fourth-order valence-electron chi connectivity index (χ4n) is 5.09. The molecule has 5 heteroatoms. The van der Waals surface area contributed by atoms with E-state index in [9.17, 15) is 9.59 Å². The minimum Gasteiger partial charge on any atom is -0.356 e. The van der Waals surface area contributed by atoms with Gasteiger partial charge in [0.2, 0.25) is 5.91 Å². The second kappa shape index (κ2) is 6.14. The van der Waals surface area contributed by atoms with Gasteiger partial charge in [0.1, 0.15) is 0 Å². The zero-order chi connectivity index (χ0) is 18.5. The molecule has 1 saturated heterocycles. The first-order valence-electron chi connectivity index (χ1n) is 10.0. The second-order valence-electron chi connectivity index (χ2n) is 9.46. The summed E-state index contributed by atoms with van der Waals surface area (Å²) in [7, 11) is 1.94. The van der Waals surface area contributed by atoms with Crippen LogP contribution in [0.3, 0.4) is 0 Å². The number of carbonyl (C=O) groups is 2. The molecule has 0 bridgehead atoms. The van der Waals surface area contributed by atoms with Gasteiger partial charge in [0.15, 0.2) is 0 Å². The van der Waals surface area contributed by atoms with E-state index < -0.39 is 0 Å². The van der Waals surface area contributed by atoms with Gasteiger partial charge in [0.25, 0.3) is 5.91 Å². The van der Waals surface area contributed by atoms with E-state index in [4.69, 9.17) is 0 Å². The van der Waals surface area contributed by atoms with E-state index in [2.05, 4.69) is 19.2 Å². The summed E-state index contributed by atoms with van der Waals surface area (Å²) >= 11 is 0. The zero-order valence-electron chi connectivity index (χ0n) is 16.3. The molecule has 4 rings (SSSR count). The Morgan fingerprint density at radius 3 is 2.65 bits per heavy atom. The SMILES string of the molecule is Cn1ccc(C(=O)N2CCC3(CCCCC3NC(=O)C3CC3(C)C)C2)c1. The van der Waals surface area contributed by atoms with Crippen molar-refractivity contribution in [1.29, 1.82) is 0 Å². The van der Waals surface area contributed by atoms with Gasteiger partial charge in [-0.15, -0.1) is 0 Å². The van der Waals surface area contributed by atoms with Crippen molar-refractivity contribution in [2.75, 3.05) is 13.1 Å². The molecule has 26 heavy (non-hydrogen) atoms. The van der Waals surface area contributed by atoms with Crippen molar-refractivity contribution in [2.45, 2.75) is 58.4 Å². The van der Waals surface area contributed by atoms with Gasteiger partial charge in [-0.1, -0.05) is 26.7 Å². The van der Waals surface area contributed by atoms with Gasteiger partial charge >= 0.3 is 0 Å². The van der Waals surface area contributed by atoms with Crippen molar-refractivity contribution in [1.82, 2.24) is 14.8 Å². The highest BCUT2D eigenvalue weighted by Gasteiger charge is 2.53. The monoisotopic (exact) mass is 357 g/mol. The molecule has 5 nitrogen and oxygen atoms in total. The van der Waals surface area contributed by atoms with E-state index in [1.54, 1.807) is 0 Å². The van der Waals surface area contributed by atoms with Gasteiger partial charge in [-0.2, -0.15) is 0 Å². The predicted octanol–water partition coefficient (Wildman–Crippen LogP) is 2.96. The maximum absolute atomic E-state index is 12.8. The first kappa shape index (κ1) is 17.6. The third-order valence-corrected chi connectivity index (χ3v) is 7.05. The molecule has 1 spiro atoms. The van der Waals surface area contributed by atoms with Gasteiger partial charge in [-0.05, 0) is 37.2 Å². The summed E-state index contributed by atoms with van der Waals surface area (Å²) in [6.07, 6.45) is 10.4. The number of hydrogen-bond acceptors (Lipinski definition) is 2. The van der Waals surface area contributed by atoms with Crippen molar-refractivity contribution < 1.29 is 9.59 Å². The highest BCUT2D eigenvalue weighted by molar-refractivity contribution is 5.94. The number of rotatable bonds is 3. The first-order valence-corrected chi connectivity index (χ1v) is 10.0. The molecule has 142 valence electrons. The highest BCUT2D eigenvalue weighted by atomic mass is 16.2. The lowest BCUT2D eigenvalue weighted by Crippen LogP contribution is -2.52. The van der Waals surface area contributed by atoms with E-state index in [-0.39, 0.29) is 34.6 Å². The van der Waals surface area contributed by atoms with E-state index >= 15 is 0 Å². The summed E-state index contributed by atoms with van der Waals surface area (Å²) < 4.78 is 1.92. The molecule has 2 amide bonds. The summed E-state index contributed by atoms with van der Waals surface area (Å²) in [5.74, 6) is 0.528. The molecule has 1 aromatic rings. The summed E-state index contributed by atoms with van der Waals surface area (Å²) in [5.41, 5.74) is 0.995. The fourth-order valence-corrected chi connectivity index (χ4v) is 5.09. The van der Waals surface area contributed by atoms with Gasteiger partial charge < -0.3 is 14.8 Å². The topological polar surface area (TPSA) is 54.3 Å². The molecule has 1 N–H and O–H groups in total. The van der Waals surface area contributed by atoms with Crippen molar-refractivity contribution in [2.24, 2.45) is 23.8 Å². The Balaban J connectivity index is 1.45. The van der Waals surface area contributed by atoms with Crippen molar-refractivity contribution in [3.63, 3.8) is 0 Å². The molecule has 2 aliphatic carbocycles. The number of amides is 2. The maximum atomic E-state index is 12.8. The molecule has 2 saturated carbocycles. The smallest absolute Gasteiger partial charge is 0.255 e. The second-order valence-corrected chi connectivity index (χ2v) is 9.46. The molecule has 3 atom stereocenters. The predicted molar refractivity (Wildman–Crippen MR) is 101 cm³/mol. The summed E-state index contributed by atoms with van der Waals surface area (Å²) in [6, 6.07) is 2.11. The Bertz CT molecular complexity index is 723. The normalized spacial score (nSPS) is 32.7. The Labute approximate surface area is 156 Å². The lowest BCUT2D eigenvalue weighted by Gasteiger charge is -2.42. The molecule has 0 radical (unpaired) electrons. The van der Waals surface area contributed by atoms with Crippen LogP contribution in [-0.4, -0.2) is 40.4 Å². The molecule has 3 unspecified atom stereocenters. The minimum absolute atomic E-state index is 0.0668. The first-order chi connectivity index (χ1) is 12.3. The average molecular weight is 357 g/mol. The van der Waals surface area contributed by atoms with Crippen LogP contribution in [0.4, 0.5) is 0 Å². The summed E-state index contributed by atoms with van der Waals surface area (Å²) in [4.78, 5) is 27.5. The third-order valence-electron chi connectivity index (χ3n) is 7.05. The van der Waals surface area contributed by atoms with Crippen LogP contribution in [0.15, 0.2) is 18.5 Å². The Morgan fingerprint density at radius 1 is 1.23 bits per heavy atom. The molecule has 0 aromatic carbocycles. The number of likely N-dealkylation sites (tertiary alicyclic amines) is 1. The Morgan fingerprint density at radius 2 is 2.00 bits per heavy atom. The number of aromatic nitrogens is 1. The Kier molecular flexibility index (Phi) is 4.16. The van der Waals surface area contributed by atoms with E-state index in [0.29, 0.717) is 0 Å². The van der Waals surface area contributed by atoms with Crippen molar-refractivity contribution >= 4 is 11.8 Å².